The van der Waals surface area contributed by atoms with Gasteiger partial charge in [-0.15, -0.1) is 0 Å². The first kappa shape index (κ1) is 17.0. The van der Waals surface area contributed by atoms with Crippen molar-refractivity contribution in [1.82, 2.24) is 20.1 Å². The summed E-state index contributed by atoms with van der Waals surface area (Å²) in [6, 6.07) is 10.1. The van der Waals surface area contributed by atoms with Gasteiger partial charge in [-0.05, 0) is 37.1 Å². The Morgan fingerprint density at radius 2 is 2.19 bits per heavy atom. The normalized spacial score (nSPS) is 16.5. The van der Waals surface area contributed by atoms with E-state index in [0.717, 1.165) is 17.3 Å². The molecule has 1 fully saturated rings. The molecule has 8 heteroatoms. The fourth-order valence-corrected chi connectivity index (χ4v) is 3.34. The van der Waals surface area contributed by atoms with Crippen LogP contribution in [0.25, 0.3) is 10.9 Å². The highest BCUT2D eigenvalue weighted by molar-refractivity contribution is 6.04. The maximum atomic E-state index is 12.8. The Labute approximate surface area is 155 Å². The van der Waals surface area contributed by atoms with Crippen molar-refractivity contribution in [3.8, 4) is 5.75 Å². The molecule has 3 aromatic rings. The summed E-state index contributed by atoms with van der Waals surface area (Å²) in [5.41, 5.74) is 1.10. The fourth-order valence-electron chi connectivity index (χ4n) is 3.34. The Balaban J connectivity index is 1.53. The molecule has 138 valence electrons. The number of pyridine rings is 1. The van der Waals surface area contributed by atoms with Gasteiger partial charge in [0.25, 0.3) is 5.91 Å². The van der Waals surface area contributed by atoms with Gasteiger partial charge in [0, 0.05) is 24.2 Å². The molecule has 2 amide bonds. The third-order valence-corrected chi connectivity index (χ3v) is 4.71. The summed E-state index contributed by atoms with van der Waals surface area (Å²) in [7, 11) is 1.59. The lowest BCUT2D eigenvalue weighted by atomic mass is 10.2. The Hall–Kier alpha value is -3.42. The minimum atomic E-state index is -0.537. The molecule has 27 heavy (non-hydrogen) atoms. The lowest BCUT2D eigenvalue weighted by Crippen LogP contribution is -2.43. The predicted molar refractivity (Wildman–Crippen MR) is 99.6 cm³/mol. The number of hydrogen-bond acceptors (Lipinski definition) is 5. The molecule has 0 unspecified atom stereocenters. The third-order valence-electron chi connectivity index (χ3n) is 4.71. The molecule has 1 aliphatic rings. The molecule has 0 radical (unpaired) electrons. The molecule has 2 aromatic heterocycles. The molecular formula is C19H19N5O3. The number of methoxy groups -OCH3 is 1. The Morgan fingerprint density at radius 1 is 1.30 bits per heavy atom. The fraction of sp³-hybridized carbons (Fsp3) is 0.263. The first-order valence-electron chi connectivity index (χ1n) is 8.72. The predicted octanol–water partition coefficient (Wildman–Crippen LogP) is 2.21. The van der Waals surface area contributed by atoms with Crippen LogP contribution in [0.4, 0.5) is 5.82 Å². The molecule has 3 heterocycles. The highest BCUT2D eigenvalue weighted by atomic mass is 16.5. The number of rotatable bonds is 4. The zero-order valence-corrected chi connectivity index (χ0v) is 14.8. The summed E-state index contributed by atoms with van der Waals surface area (Å²) < 4.78 is 5.19. The average molecular weight is 365 g/mol. The van der Waals surface area contributed by atoms with Gasteiger partial charge in [0.1, 0.15) is 17.5 Å². The van der Waals surface area contributed by atoms with Crippen LogP contribution in [0.3, 0.4) is 0 Å². The van der Waals surface area contributed by atoms with E-state index in [0.29, 0.717) is 30.2 Å². The number of ether oxygens (including phenoxy) is 1. The number of aromatic amines is 1. The van der Waals surface area contributed by atoms with Gasteiger partial charge in [0.15, 0.2) is 5.82 Å². The number of benzene rings is 1. The van der Waals surface area contributed by atoms with Gasteiger partial charge in [-0.3, -0.25) is 19.7 Å². The number of carbonyl (C=O) groups is 2. The van der Waals surface area contributed by atoms with E-state index in [9.17, 15) is 9.59 Å². The molecular weight excluding hydrogens is 346 g/mol. The van der Waals surface area contributed by atoms with Crippen LogP contribution in [0, 0.1) is 0 Å². The van der Waals surface area contributed by atoms with E-state index in [1.54, 1.807) is 42.5 Å². The molecule has 2 N–H and O–H groups in total. The van der Waals surface area contributed by atoms with Gasteiger partial charge in [-0.2, -0.15) is 5.10 Å². The van der Waals surface area contributed by atoms with Gasteiger partial charge >= 0.3 is 0 Å². The topological polar surface area (TPSA) is 100 Å². The molecule has 8 nitrogen and oxygen atoms in total. The van der Waals surface area contributed by atoms with Crippen LogP contribution in [-0.2, 0) is 4.79 Å². The smallest absolute Gasteiger partial charge is 0.273 e. The lowest BCUT2D eigenvalue weighted by molar-refractivity contribution is -0.119. The third kappa shape index (κ3) is 3.21. The minimum absolute atomic E-state index is 0.232. The first-order valence-corrected chi connectivity index (χ1v) is 8.72. The van der Waals surface area contributed by atoms with Crippen LogP contribution in [0.1, 0.15) is 23.3 Å². The molecule has 1 atom stereocenters. The number of H-pyrrole nitrogens is 1. The van der Waals surface area contributed by atoms with Crippen molar-refractivity contribution in [3.05, 3.63) is 48.3 Å². The molecule has 4 rings (SSSR count). The monoisotopic (exact) mass is 365 g/mol. The van der Waals surface area contributed by atoms with E-state index >= 15 is 0 Å². The van der Waals surface area contributed by atoms with Crippen molar-refractivity contribution in [2.24, 2.45) is 0 Å². The Bertz CT molecular complexity index is 985. The van der Waals surface area contributed by atoms with E-state index in [1.807, 2.05) is 12.1 Å². The van der Waals surface area contributed by atoms with Gasteiger partial charge < -0.3 is 15.0 Å². The largest absolute Gasteiger partial charge is 0.497 e. The van der Waals surface area contributed by atoms with Crippen LogP contribution in [0.2, 0.25) is 0 Å². The molecule has 0 saturated carbocycles. The minimum Gasteiger partial charge on any atom is -0.497 e. The number of fused-ring (bicyclic) bond motifs is 1. The molecule has 1 saturated heterocycles. The number of nitrogens with zero attached hydrogens (tertiary/aromatic N) is 3. The number of carbonyl (C=O) groups excluding carboxylic acids is 2. The van der Waals surface area contributed by atoms with Crippen molar-refractivity contribution < 1.29 is 14.3 Å². The number of nitrogens with one attached hydrogen (secondary N) is 2. The second-order valence-electron chi connectivity index (χ2n) is 6.34. The van der Waals surface area contributed by atoms with Gasteiger partial charge in [-0.1, -0.05) is 6.07 Å². The summed E-state index contributed by atoms with van der Waals surface area (Å²) in [6.45, 7) is 0.534. The van der Waals surface area contributed by atoms with E-state index in [1.165, 1.54) is 0 Å². The van der Waals surface area contributed by atoms with Crippen molar-refractivity contribution in [2.75, 3.05) is 19.0 Å². The number of likely N-dealkylation sites (tertiary alicyclic amines) is 1. The van der Waals surface area contributed by atoms with Crippen molar-refractivity contribution >= 4 is 28.5 Å². The maximum absolute atomic E-state index is 12.8. The van der Waals surface area contributed by atoms with Crippen molar-refractivity contribution in [3.63, 3.8) is 0 Å². The van der Waals surface area contributed by atoms with Crippen LogP contribution in [-0.4, -0.2) is 51.6 Å². The van der Waals surface area contributed by atoms with Crippen LogP contribution in [0.15, 0.2) is 42.6 Å². The highest BCUT2D eigenvalue weighted by Crippen LogP contribution is 2.26. The standard InChI is InChI=1S/C19H19N5O3/c1-27-12-7-8-13-15(11-12)22-23-17(13)21-18(25)16-6-4-10-24(16)19(26)14-5-2-3-9-20-14/h2-3,5,7-9,11,16H,4,6,10H2,1H3,(H2,21,22,23,25)/t16-/m0/s1. The van der Waals surface area contributed by atoms with Crippen LogP contribution in [0.5, 0.6) is 5.75 Å². The SMILES string of the molecule is COc1ccc2c(NC(=O)[C@@H]3CCCN3C(=O)c3ccccn3)n[nH]c2c1. The lowest BCUT2D eigenvalue weighted by Gasteiger charge is -2.23. The second kappa shape index (κ2) is 7.06. The molecule has 1 aromatic carbocycles. The summed E-state index contributed by atoms with van der Waals surface area (Å²) in [6.07, 6.45) is 2.96. The molecule has 1 aliphatic heterocycles. The Kier molecular flexibility index (Phi) is 4.45. The van der Waals surface area contributed by atoms with E-state index in [4.69, 9.17) is 4.74 Å². The number of hydrogen-bond donors (Lipinski definition) is 2. The number of anilines is 1. The van der Waals surface area contributed by atoms with Crippen LogP contribution < -0.4 is 10.1 Å². The summed E-state index contributed by atoms with van der Waals surface area (Å²) in [5, 5.41) is 10.7. The van der Waals surface area contributed by atoms with Gasteiger partial charge in [-0.25, -0.2) is 0 Å². The summed E-state index contributed by atoms with van der Waals surface area (Å²) in [5.74, 6) is 0.660. The maximum Gasteiger partial charge on any atom is 0.273 e. The van der Waals surface area contributed by atoms with Gasteiger partial charge in [0.05, 0.1) is 12.6 Å². The van der Waals surface area contributed by atoms with E-state index in [-0.39, 0.29) is 11.8 Å². The van der Waals surface area contributed by atoms with Gasteiger partial charge in [0.2, 0.25) is 5.91 Å². The Morgan fingerprint density at radius 3 is 2.96 bits per heavy atom. The van der Waals surface area contributed by atoms with Crippen molar-refractivity contribution in [1.29, 1.82) is 0 Å². The highest BCUT2D eigenvalue weighted by Gasteiger charge is 2.35. The molecule has 0 bridgehead atoms. The van der Waals surface area contributed by atoms with Crippen molar-refractivity contribution in [2.45, 2.75) is 18.9 Å². The quantitative estimate of drug-likeness (QED) is 0.738. The van der Waals surface area contributed by atoms with E-state index < -0.39 is 6.04 Å². The number of aromatic nitrogens is 3. The van der Waals surface area contributed by atoms with E-state index in [2.05, 4.69) is 20.5 Å². The molecule has 0 aliphatic carbocycles. The molecule has 0 spiro atoms. The second-order valence-corrected chi connectivity index (χ2v) is 6.34. The van der Waals surface area contributed by atoms with Crippen LogP contribution >= 0.6 is 0 Å². The average Bonchev–Trinajstić information content (AvgIpc) is 3.35. The first-order chi connectivity index (χ1) is 13.2. The summed E-state index contributed by atoms with van der Waals surface area (Å²) in [4.78, 5) is 31.2. The zero-order chi connectivity index (χ0) is 18.8. The zero-order valence-electron chi connectivity index (χ0n) is 14.8. The number of amides is 2. The summed E-state index contributed by atoms with van der Waals surface area (Å²) >= 11 is 0.